The number of benzene rings is 9. The van der Waals surface area contributed by atoms with Crippen LogP contribution in [0, 0.1) is 83.1 Å². The van der Waals surface area contributed by atoms with Crippen LogP contribution in [-0.4, -0.2) is 0 Å². The van der Waals surface area contributed by atoms with Gasteiger partial charge in [0.15, 0.2) is 0 Å². The van der Waals surface area contributed by atoms with Crippen molar-refractivity contribution in [2.45, 2.75) is 83.1 Å². The van der Waals surface area contributed by atoms with Crippen molar-refractivity contribution in [2.75, 3.05) is 0 Å². The summed E-state index contributed by atoms with van der Waals surface area (Å²) in [5.74, 6) is 0. The van der Waals surface area contributed by atoms with Gasteiger partial charge in [-0.05, 0) is 228 Å². The summed E-state index contributed by atoms with van der Waals surface area (Å²) in [5.41, 5.74) is 30.2. The first-order valence-electron chi connectivity index (χ1n) is 23.8. The van der Waals surface area contributed by atoms with Crippen LogP contribution in [0.4, 0.5) is 0 Å². The molecule has 9 rings (SSSR count). The standard InChI is InChI=1S/C66H63P/c1-40-13-41(2)20-52(19-40)58-31-59(53-21-42(3)14-43(4)22-53)35-64(34-58)67(65-36-60(54-23-44(5)15-45(6)24-54)32-61(37-65)55-25-46(7)16-47(8)26-55)66-38-62(56-27-48(9)17-49(10)28-56)33-63(39-66)57-29-50(11)18-51(12)30-57/h13-39H,1-12H3. The minimum atomic E-state index is -1.18. The Kier molecular flexibility index (Phi) is 12.6. The number of hydrogen-bond donors (Lipinski definition) is 0. The second-order valence-corrected chi connectivity index (χ2v) is 22.1. The predicted molar refractivity (Wildman–Crippen MR) is 295 cm³/mol. The molecule has 67 heavy (non-hydrogen) atoms. The largest absolute Gasteiger partial charge is 0.0563 e. The van der Waals surface area contributed by atoms with Gasteiger partial charge in [0.2, 0.25) is 0 Å². The Labute approximate surface area is 402 Å². The lowest BCUT2D eigenvalue weighted by Gasteiger charge is -2.25. The molecule has 332 valence electrons. The molecule has 0 heterocycles. The molecule has 0 fully saturated rings. The van der Waals surface area contributed by atoms with E-state index in [0.29, 0.717) is 0 Å². The minimum absolute atomic E-state index is 1.18. The van der Waals surface area contributed by atoms with Crippen LogP contribution in [0.15, 0.2) is 164 Å². The van der Waals surface area contributed by atoms with Crippen LogP contribution < -0.4 is 15.9 Å². The minimum Gasteiger partial charge on any atom is -0.0563 e. The highest BCUT2D eigenvalue weighted by Gasteiger charge is 2.24. The van der Waals surface area contributed by atoms with Crippen molar-refractivity contribution < 1.29 is 0 Å². The molecule has 0 saturated heterocycles. The van der Waals surface area contributed by atoms with E-state index in [0.717, 1.165) is 0 Å². The third kappa shape index (κ3) is 10.4. The zero-order valence-electron chi connectivity index (χ0n) is 41.5. The van der Waals surface area contributed by atoms with Crippen LogP contribution >= 0.6 is 7.92 Å². The average molecular weight is 887 g/mol. The number of rotatable bonds is 9. The fourth-order valence-corrected chi connectivity index (χ4v) is 13.0. The molecule has 0 saturated carbocycles. The topological polar surface area (TPSA) is 0 Å². The summed E-state index contributed by atoms with van der Waals surface area (Å²) >= 11 is 0. The van der Waals surface area contributed by atoms with Gasteiger partial charge in [-0.15, -0.1) is 0 Å². The van der Waals surface area contributed by atoms with Crippen LogP contribution in [0.1, 0.15) is 66.8 Å². The number of aryl methyl sites for hydroxylation is 12. The molecule has 0 unspecified atom stereocenters. The molecule has 0 bridgehead atoms. The van der Waals surface area contributed by atoms with Gasteiger partial charge in [-0.25, -0.2) is 0 Å². The van der Waals surface area contributed by atoms with Crippen LogP contribution in [0.3, 0.4) is 0 Å². The molecule has 1 heteroatoms. The monoisotopic (exact) mass is 886 g/mol. The van der Waals surface area contributed by atoms with Gasteiger partial charge in [-0.1, -0.05) is 176 Å². The normalized spacial score (nSPS) is 11.4. The Morgan fingerprint density at radius 1 is 0.149 bits per heavy atom. The molecule has 0 radical (unpaired) electrons. The zero-order valence-corrected chi connectivity index (χ0v) is 42.4. The maximum Gasteiger partial charge on any atom is -0.0133 e. The fourth-order valence-electron chi connectivity index (χ4n) is 10.5. The van der Waals surface area contributed by atoms with Crippen LogP contribution in [0.25, 0.3) is 66.8 Å². The molecule has 0 atom stereocenters. The van der Waals surface area contributed by atoms with Crippen molar-refractivity contribution in [1.29, 1.82) is 0 Å². The summed E-state index contributed by atoms with van der Waals surface area (Å²) < 4.78 is 0. The van der Waals surface area contributed by atoms with Crippen molar-refractivity contribution in [2.24, 2.45) is 0 Å². The highest BCUT2D eigenvalue weighted by atomic mass is 31.1. The Morgan fingerprint density at radius 3 is 0.403 bits per heavy atom. The van der Waals surface area contributed by atoms with Crippen molar-refractivity contribution in [1.82, 2.24) is 0 Å². The second-order valence-electron chi connectivity index (χ2n) is 19.9. The fraction of sp³-hybridized carbons (Fsp3) is 0.182. The van der Waals surface area contributed by atoms with E-state index in [1.807, 2.05) is 0 Å². The third-order valence-electron chi connectivity index (χ3n) is 12.9. The van der Waals surface area contributed by atoms with Gasteiger partial charge in [-0.3, -0.25) is 0 Å². The molecule has 0 amide bonds. The first-order chi connectivity index (χ1) is 32.0. The van der Waals surface area contributed by atoms with Gasteiger partial charge in [0.1, 0.15) is 0 Å². The summed E-state index contributed by atoms with van der Waals surface area (Å²) in [6.45, 7) is 26.6. The van der Waals surface area contributed by atoms with E-state index in [4.69, 9.17) is 0 Å². The molecule has 0 aliphatic rings. The van der Waals surface area contributed by atoms with Gasteiger partial charge < -0.3 is 0 Å². The Morgan fingerprint density at radius 2 is 0.269 bits per heavy atom. The highest BCUT2D eigenvalue weighted by molar-refractivity contribution is 7.79. The summed E-state index contributed by atoms with van der Waals surface area (Å²) in [4.78, 5) is 0. The molecular formula is C66H63P. The quantitative estimate of drug-likeness (QED) is 0.127. The summed E-state index contributed by atoms with van der Waals surface area (Å²) in [6.07, 6.45) is 0. The van der Waals surface area contributed by atoms with Crippen molar-refractivity contribution >= 4 is 23.8 Å². The first-order valence-corrected chi connectivity index (χ1v) is 25.1. The second kappa shape index (κ2) is 18.6. The summed E-state index contributed by atoms with van der Waals surface area (Å²) in [6, 6.07) is 64.4. The Bertz CT molecular complexity index is 2690. The van der Waals surface area contributed by atoms with Crippen LogP contribution in [0.5, 0.6) is 0 Å². The summed E-state index contributed by atoms with van der Waals surface area (Å²) in [5, 5.41) is 3.98. The maximum absolute atomic E-state index is 2.52. The van der Waals surface area contributed by atoms with Crippen molar-refractivity contribution in [3.8, 4) is 66.8 Å². The van der Waals surface area contributed by atoms with E-state index in [9.17, 15) is 0 Å². The predicted octanol–water partition coefficient (Wildman–Crippen LogP) is 17.1. The van der Waals surface area contributed by atoms with Crippen molar-refractivity contribution in [3.05, 3.63) is 231 Å². The van der Waals surface area contributed by atoms with Crippen molar-refractivity contribution in [3.63, 3.8) is 0 Å². The van der Waals surface area contributed by atoms with E-state index in [1.54, 1.807) is 0 Å². The average Bonchev–Trinajstić information content (AvgIpc) is 3.24. The maximum atomic E-state index is 2.52. The molecule has 0 nitrogen and oxygen atoms in total. The highest BCUT2D eigenvalue weighted by Crippen LogP contribution is 2.43. The SMILES string of the molecule is Cc1cc(C)cc(-c2cc(-c3cc(C)cc(C)c3)cc(P(c3cc(-c4cc(C)cc(C)c4)cc(-c4cc(C)cc(C)c4)c3)c3cc(-c4cc(C)cc(C)c4)cc(-c4cc(C)cc(C)c4)c3)c2)c1. The van der Waals surface area contributed by atoms with E-state index < -0.39 is 7.92 Å². The molecule has 0 aliphatic carbocycles. The smallest absolute Gasteiger partial charge is 0.0133 e. The molecule has 0 aromatic heterocycles. The first kappa shape index (κ1) is 45.6. The molecule has 0 aliphatic heterocycles. The Hall–Kier alpha value is -6.59. The molecule has 9 aromatic rings. The Balaban J connectivity index is 1.43. The van der Waals surface area contributed by atoms with Gasteiger partial charge >= 0.3 is 0 Å². The van der Waals surface area contributed by atoms with E-state index in [1.165, 1.54) is 149 Å². The lowest BCUT2D eigenvalue weighted by atomic mass is 9.95. The van der Waals surface area contributed by atoms with Gasteiger partial charge in [0.05, 0.1) is 0 Å². The van der Waals surface area contributed by atoms with Crippen LogP contribution in [-0.2, 0) is 0 Å². The van der Waals surface area contributed by atoms with E-state index in [2.05, 4.69) is 247 Å². The van der Waals surface area contributed by atoms with E-state index in [-0.39, 0.29) is 0 Å². The lowest BCUT2D eigenvalue weighted by Crippen LogP contribution is -2.22. The lowest BCUT2D eigenvalue weighted by molar-refractivity contribution is 1.38. The summed E-state index contributed by atoms with van der Waals surface area (Å²) in [7, 11) is -1.18. The van der Waals surface area contributed by atoms with Gasteiger partial charge in [0.25, 0.3) is 0 Å². The van der Waals surface area contributed by atoms with E-state index >= 15 is 0 Å². The molecule has 0 spiro atoms. The zero-order chi connectivity index (χ0) is 47.3. The van der Waals surface area contributed by atoms with Gasteiger partial charge in [0, 0.05) is 0 Å². The van der Waals surface area contributed by atoms with Gasteiger partial charge in [-0.2, -0.15) is 0 Å². The number of hydrogen-bond acceptors (Lipinski definition) is 0. The molecular weight excluding hydrogens is 824 g/mol. The molecule has 0 N–H and O–H groups in total. The van der Waals surface area contributed by atoms with Crippen LogP contribution in [0.2, 0.25) is 0 Å². The third-order valence-corrected chi connectivity index (χ3v) is 15.2. The molecule has 9 aromatic carbocycles.